The molecule has 0 aliphatic carbocycles. The van der Waals surface area contributed by atoms with Crippen LogP contribution < -0.4 is 0 Å². The zero-order valence-electron chi connectivity index (χ0n) is 32.4. The van der Waals surface area contributed by atoms with Crippen LogP contribution in [0.4, 0.5) is 0 Å². The Balaban J connectivity index is 0.974. The zero-order valence-corrected chi connectivity index (χ0v) is 32.4. The lowest BCUT2D eigenvalue weighted by molar-refractivity contribution is -0.178. The molecule has 4 heterocycles. The Labute approximate surface area is 323 Å². The first-order valence-corrected chi connectivity index (χ1v) is 18.8. The molecule has 1 aliphatic heterocycles. The van der Waals surface area contributed by atoms with Gasteiger partial charge in [-0.05, 0) is 64.6 Å². The fourth-order valence-electron chi connectivity index (χ4n) is 7.22. The van der Waals surface area contributed by atoms with Crippen molar-refractivity contribution in [3.8, 4) is 33.9 Å². The number of benzene rings is 3. The molecule has 0 radical (unpaired) electrons. The number of nitrogens with zero attached hydrogens (tertiary/aromatic N) is 8. The number of H-pyrrole nitrogens is 2. The average Bonchev–Trinajstić information content (AvgIpc) is 4.00. The van der Waals surface area contributed by atoms with Crippen molar-refractivity contribution in [1.29, 1.82) is 0 Å². The van der Waals surface area contributed by atoms with E-state index in [9.17, 15) is 4.79 Å². The summed E-state index contributed by atoms with van der Waals surface area (Å²) in [6.07, 6.45) is 9.07. The number of likely N-dealkylation sites (tertiary alicyclic amines) is 1. The molecule has 3 aromatic heterocycles. The summed E-state index contributed by atoms with van der Waals surface area (Å²) < 4.78 is 0. The van der Waals surface area contributed by atoms with E-state index in [0.29, 0.717) is 19.0 Å². The highest BCUT2D eigenvalue weighted by atomic mass is 16.7. The lowest BCUT2D eigenvalue weighted by Gasteiger charge is -2.31. The van der Waals surface area contributed by atoms with E-state index in [1.165, 1.54) is 5.56 Å². The number of hydroxylamine groups is 2. The monoisotopic (exact) mass is 738 g/mol. The third kappa shape index (κ3) is 8.42. The fraction of sp³-hybridized carbons (Fsp3) is 0.326. The topological polar surface area (TPSA) is 122 Å². The van der Waals surface area contributed by atoms with Crippen molar-refractivity contribution in [2.75, 3.05) is 48.4 Å². The molecule has 55 heavy (non-hydrogen) atoms. The summed E-state index contributed by atoms with van der Waals surface area (Å²) in [4.78, 5) is 51.9. The van der Waals surface area contributed by atoms with Crippen LogP contribution in [0.15, 0.2) is 110 Å². The van der Waals surface area contributed by atoms with Crippen molar-refractivity contribution in [1.82, 2.24) is 49.7 Å². The number of nitrogens with one attached hydrogen (secondary N) is 2. The summed E-state index contributed by atoms with van der Waals surface area (Å²) in [5, 5.41) is 1.86. The van der Waals surface area contributed by atoms with Crippen LogP contribution in [-0.4, -0.2) is 104 Å². The predicted molar refractivity (Wildman–Crippen MR) is 214 cm³/mol. The van der Waals surface area contributed by atoms with Gasteiger partial charge in [0.15, 0.2) is 5.82 Å². The molecule has 4 atom stereocenters. The Morgan fingerprint density at radius 2 is 1.36 bits per heavy atom. The van der Waals surface area contributed by atoms with Crippen LogP contribution in [0, 0.1) is 0 Å². The van der Waals surface area contributed by atoms with Crippen molar-refractivity contribution in [3.63, 3.8) is 0 Å². The molecule has 1 saturated heterocycles. The number of aromatic nitrogens is 6. The van der Waals surface area contributed by atoms with Gasteiger partial charge in [-0.3, -0.25) is 14.5 Å². The van der Waals surface area contributed by atoms with Gasteiger partial charge in [0.1, 0.15) is 17.7 Å². The maximum atomic E-state index is 13.9. The second-order valence-corrected chi connectivity index (χ2v) is 14.6. The number of imidazole rings is 2. The van der Waals surface area contributed by atoms with Crippen LogP contribution >= 0.6 is 0 Å². The minimum Gasteiger partial charge on any atom is -0.341 e. The molecule has 3 aromatic carbocycles. The molecule has 1 aliphatic rings. The zero-order chi connectivity index (χ0) is 38.5. The summed E-state index contributed by atoms with van der Waals surface area (Å²) in [6, 6.07) is 28.1. The van der Waals surface area contributed by atoms with Crippen LogP contribution in [-0.2, 0) is 9.63 Å². The number of aromatic amines is 2. The minimum absolute atomic E-state index is 0.0841. The normalized spacial score (nSPS) is 16.2. The number of carbonyl (C=O) groups is 1. The van der Waals surface area contributed by atoms with Gasteiger partial charge in [-0.15, -0.1) is 0 Å². The second-order valence-electron chi connectivity index (χ2n) is 14.6. The quantitative estimate of drug-likeness (QED) is 0.113. The van der Waals surface area contributed by atoms with Crippen molar-refractivity contribution in [3.05, 3.63) is 132 Å². The summed E-state index contributed by atoms with van der Waals surface area (Å²) in [6.45, 7) is 3.29. The van der Waals surface area contributed by atoms with E-state index < -0.39 is 0 Å². The Bertz CT molecular complexity index is 2130. The van der Waals surface area contributed by atoms with Crippen LogP contribution in [0.1, 0.15) is 66.7 Å². The van der Waals surface area contributed by atoms with Gasteiger partial charge in [0.05, 0.1) is 48.5 Å². The Morgan fingerprint density at radius 3 is 2.02 bits per heavy atom. The maximum Gasteiger partial charge on any atom is 0.245 e. The van der Waals surface area contributed by atoms with E-state index in [2.05, 4.69) is 75.1 Å². The first kappa shape index (κ1) is 37.8. The van der Waals surface area contributed by atoms with Gasteiger partial charge in [0.2, 0.25) is 5.91 Å². The van der Waals surface area contributed by atoms with E-state index >= 15 is 0 Å². The van der Waals surface area contributed by atoms with Gasteiger partial charge in [-0.1, -0.05) is 84.9 Å². The van der Waals surface area contributed by atoms with Crippen LogP contribution in [0.25, 0.3) is 33.9 Å². The van der Waals surface area contributed by atoms with Crippen LogP contribution in [0.5, 0.6) is 0 Å². The van der Waals surface area contributed by atoms with Crippen LogP contribution in [0.2, 0.25) is 0 Å². The first-order chi connectivity index (χ1) is 26.7. The molecule has 1 amide bonds. The number of hydrogen-bond acceptors (Lipinski definition) is 9. The van der Waals surface area contributed by atoms with Gasteiger partial charge < -0.3 is 19.8 Å². The highest BCUT2D eigenvalue weighted by Gasteiger charge is 2.37. The highest BCUT2D eigenvalue weighted by Crippen LogP contribution is 2.35. The smallest absolute Gasteiger partial charge is 0.245 e. The van der Waals surface area contributed by atoms with Crippen molar-refractivity contribution in [2.24, 2.45) is 0 Å². The molecule has 1 fully saturated rings. The molecule has 0 bridgehead atoms. The van der Waals surface area contributed by atoms with Crippen molar-refractivity contribution >= 4 is 5.91 Å². The largest absolute Gasteiger partial charge is 0.341 e. The minimum atomic E-state index is -0.355. The number of amides is 1. The average molecular weight is 739 g/mol. The number of rotatable bonds is 14. The van der Waals surface area contributed by atoms with Crippen LogP contribution in [0.3, 0.4) is 0 Å². The van der Waals surface area contributed by atoms with Gasteiger partial charge in [0.25, 0.3) is 0 Å². The number of likely N-dealkylation sites (N-methyl/N-ethyl adjacent to an activating group) is 2. The van der Waals surface area contributed by atoms with Crippen molar-refractivity contribution < 1.29 is 9.63 Å². The van der Waals surface area contributed by atoms with Gasteiger partial charge in [0, 0.05) is 37.1 Å². The van der Waals surface area contributed by atoms with E-state index in [1.54, 1.807) is 6.20 Å². The molecule has 0 spiro atoms. The molecule has 12 nitrogen and oxygen atoms in total. The Hall–Kier alpha value is -5.53. The standard InChI is InChI=1S/C43H50N10O2/c1-29(52(6)55-28-38(50(2)3)31-14-9-7-10-15-31)40-46-26-35(48-40)30-19-21-33(22-20-30)41-44-24-34(25-45-41)36-27-47-42(49-36)37-18-13-23-53(37)43(54)39(51(4)5)32-16-11-8-12-17-32/h7-12,14-17,19-22,24-27,29,37-39H,13,18,23,28H2,1-6H3,(H,46,48)(H,47,49)/t29-,37-,38-,39+/m0/s1. The molecule has 284 valence electrons. The lowest BCUT2D eigenvalue weighted by Crippen LogP contribution is -2.40. The molecular weight excluding hydrogens is 689 g/mol. The summed E-state index contributed by atoms with van der Waals surface area (Å²) >= 11 is 0. The third-order valence-corrected chi connectivity index (χ3v) is 10.5. The molecule has 12 heteroatoms. The van der Waals surface area contributed by atoms with E-state index in [0.717, 1.165) is 58.1 Å². The predicted octanol–water partition coefficient (Wildman–Crippen LogP) is 7.12. The molecule has 6 aromatic rings. The summed E-state index contributed by atoms with van der Waals surface area (Å²) in [5.41, 5.74) is 6.68. The van der Waals surface area contributed by atoms with E-state index in [4.69, 9.17) is 9.82 Å². The molecule has 2 N–H and O–H groups in total. The van der Waals surface area contributed by atoms with E-state index in [1.807, 2.05) is 115 Å². The Kier molecular flexibility index (Phi) is 11.6. The van der Waals surface area contributed by atoms with Gasteiger partial charge in [-0.2, -0.15) is 5.06 Å². The number of hydrogen-bond donors (Lipinski definition) is 2. The van der Waals surface area contributed by atoms with E-state index in [-0.39, 0.29) is 30.1 Å². The number of carbonyl (C=O) groups excluding carboxylic acids is 1. The van der Waals surface area contributed by atoms with Gasteiger partial charge in [-0.25, -0.2) is 19.9 Å². The van der Waals surface area contributed by atoms with Gasteiger partial charge >= 0.3 is 0 Å². The molecule has 0 unspecified atom stereocenters. The molecule has 0 saturated carbocycles. The fourth-order valence-corrected chi connectivity index (χ4v) is 7.22. The summed E-state index contributed by atoms with van der Waals surface area (Å²) in [7, 11) is 9.97. The highest BCUT2D eigenvalue weighted by molar-refractivity contribution is 5.84. The molecule has 7 rings (SSSR count). The Morgan fingerprint density at radius 1 is 0.745 bits per heavy atom. The lowest BCUT2D eigenvalue weighted by atomic mass is 10.0. The first-order valence-electron chi connectivity index (χ1n) is 18.8. The van der Waals surface area contributed by atoms with Crippen molar-refractivity contribution in [2.45, 2.75) is 43.9 Å². The second kappa shape index (κ2) is 16.9. The SMILES string of the molecule is C[C@@H](c1ncc(-c2ccc(-c3ncc(-c4cnc([C@@H]5CCCN5C(=O)[C@@H](c5ccccc5)N(C)C)[nH]4)cn3)cc2)[nH]1)N(C)OC[C@@H](c1ccccc1)N(C)C. The molecular formula is C43H50N10O2. The summed E-state index contributed by atoms with van der Waals surface area (Å²) in [5.74, 6) is 2.31. The third-order valence-electron chi connectivity index (χ3n) is 10.5. The maximum absolute atomic E-state index is 13.9.